The zero-order chi connectivity index (χ0) is 18.9. The van der Waals surface area contributed by atoms with Crippen LogP contribution in [0.4, 0.5) is 5.69 Å². The number of amides is 2. The Labute approximate surface area is 153 Å². The highest BCUT2D eigenvalue weighted by atomic mass is 16.5. The summed E-state index contributed by atoms with van der Waals surface area (Å²) in [5.74, 6) is 0.667. The van der Waals surface area contributed by atoms with E-state index in [0.29, 0.717) is 11.5 Å². The van der Waals surface area contributed by atoms with Gasteiger partial charge < -0.3 is 20.1 Å². The van der Waals surface area contributed by atoms with Crippen molar-refractivity contribution in [1.82, 2.24) is 5.32 Å². The highest BCUT2D eigenvalue weighted by Gasteiger charge is 2.10. The average molecular weight is 356 g/mol. The minimum atomic E-state index is -0.258. The molecule has 0 bridgehead atoms. The number of methoxy groups -OCH3 is 2. The zero-order valence-electron chi connectivity index (χ0n) is 15.3. The lowest BCUT2D eigenvalue weighted by Gasteiger charge is -2.11. The first-order chi connectivity index (χ1) is 12.6. The Kier molecular flexibility index (Phi) is 7.02. The van der Waals surface area contributed by atoms with Crippen molar-refractivity contribution in [2.45, 2.75) is 19.8 Å². The van der Waals surface area contributed by atoms with Gasteiger partial charge in [-0.2, -0.15) is 0 Å². The van der Waals surface area contributed by atoms with Gasteiger partial charge in [-0.25, -0.2) is 0 Å². The Morgan fingerprint density at radius 1 is 0.962 bits per heavy atom. The lowest BCUT2D eigenvalue weighted by molar-refractivity contribution is -0.123. The fourth-order valence-electron chi connectivity index (χ4n) is 2.56. The van der Waals surface area contributed by atoms with Crippen LogP contribution in [0.3, 0.4) is 0 Å². The number of hydrogen-bond donors (Lipinski definition) is 2. The normalized spacial score (nSPS) is 10.1. The smallest absolute Gasteiger partial charge is 0.243 e. The molecule has 138 valence electrons. The number of ether oxygens (including phenoxy) is 2. The van der Waals surface area contributed by atoms with Crippen molar-refractivity contribution in [2.24, 2.45) is 0 Å². The van der Waals surface area contributed by atoms with Crippen LogP contribution in [0.15, 0.2) is 42.5 Å². The van der Waals surface area contributed by atoms with E-state index in [1.807, 2.05) is 31.2 Å². The summed E-state index contributed by atoms with van der Waals surface area (Å²) < 4.78 is 10.4. The standard InChI is InChI=1S/C20H24N2O4/c1-4-15-7-5-6-8-16(15)22-20(24)13-21-19(23)12-14-9-10-17(25-2)18(11-14)26-3/h5-11H,4,12-13H2,1-3H3,(H,21,23)(H,22,24). The van der Waals surface area contributed by atoms with Crippen LogP contribution in [0.2, 0.25) is 0 Å². The Morgan fingerprint density at radius 2 is 1.69 bits per heavy atom. The monoisotopic (exact) mass is 356 g/mol. The third kappa shape index (κ3) is 5.24. The molecule has 0 heterocycles. The summed E-state index contributed by atoms with van der Waals surface area (Å²) in [5.41, 5.74) is 2.60. The molecule has 0 radical (unpaired) electrons. The molecule has 2 aromatic rings. The molecule has 0 unspecified atom stereocenters. The fraction of sp³-hybridized carbons (Fsp3) is 0.300. The van der Waals surface area contributed by atoms with Crippen LogP contribution in [0, 0.1) is 0 Å². The van der Waals surface area contributed by atoms with Crippen LogP contribution in [0.1, 0.15) is 18.1 Å². The summed E-state index contributed by atoms with van der Waals surface area (Å²) in [4.78, 5) is 24.1. The van der Waals surface area contributed by atoms with Crippen molar-refractivity contribution in [1.29, 1.82) is 0 Å². The van der Waals surface area contributed by atoms with Crippen LogP contribution in [-0.2, 0) is 22.4 Å². The van der Waals surface area contributed by atoms with Gasteiger partial charge in [-0.1, -0.05) is 31.2 Å². The van der Waals surface area contributed by atoms with Gasteiger partial charge in [0.15, 0.2) is 11.5 Å². The number of aryl methyl sites for hydroxylation is 1. The number of carbonyl (C=O) groups excluding carboxylic acids is 2. The second kappa shape index (κ2) is 9.46. The number of rotatable bonds is 8. The highest BCUT2D eigenvalue weighted by molar-refractivity contribution is 5.95. The molecule has 2 rings (SSSR count). The molecular weight excluding hydrogens is 332 g/mol. The van der Waals surface area contributed by atoms with E-state index in [-0.39, 0.29) is 24.8 Å². The molecule has 0 spiro atoms. The Morgan fingerprint density at radius 3 is 2.38 bits per heavy atom. The van der Waals surface area contributed by atoms with E-state index >= 15 is 0 Å². The van der Waals surface area contributed by atoms with E-state index in [2.05, 4.69) is 10.6 Å². The molecule has 0 saturated heterocycles. The largest absolute Gasteiger partial charge is 0.493 e. The lowest BCUT2D eigenvalue weighted by atomic mass is 10.1. The topological polar surface area (TPSA) is 76.7 Å². The molecular formula is C20H24N2O4. The second-order valence-electron chi connectivity index (χ2n) is 5.70. The third-order valence-electron chi connectivity index (χ3n) is 3.93. The predicted octanol–water partition coefficient (Wildman–Crippen LogP) is 2.56. The number of hydrogen-bond acceptors (Lipinski definition) is 4. The van der Waals surface area contributed by atoms with Crippen LogP contribution in [0.5, 0.6) is 11.5 Å². The number of nitrogens with one attached hydrogen (secondary N) is 2. The molecule has 0 aromatic heterocycles. The third-order valence-corrected chi connectivity index (χ3v) is 3.93. The molecule has 0 saturated carbocycles. The summed E-state index contributed by atoms with van der Waals surface area (Å²) in [5, 5.41) is 5.46. The minimum Gasteiger partial charge on any atom is -0.493 e. The van der Waals surface area contributed by atoms with E-state index in [1.165, 1.54) is 0 Å². The summed E-state index contributed by atoms with van der Waals surface area (Å²) in [6, 6.07) is 12.9. The lowest BCUT2D eigenvalue weighted by Crippen LogP contribution is -2.33. The van der Waals surface area contributed by atoms with E-state index in [4.69, 9.17) is 9.47 Å². The van der Waals surface area contributed by atoms with Crippen LogP contribution in [-0.4, -0.2) is 32.6 Å². The molecule has 26 heavy (non-hydrogen) atoms. The van der Waals surface area contributed by atoms with Crippen LogP contribution < -0.4 is 20.1 Å². The SMILES string of the molecule is CCc1ccccc1NC(=O)CNC(=O)Cc1ccc(OC)c(OC)c1. The van der Waals surface area contributed by atoms with Crippen molar-refractivity contribution in [2.75, 3.05) is 26.1 Å². The van der Waals surface area contributed by atoms with Gasteiger partial charge in [-0.15, -0.1) is 0 Å². The molecule has 6 heteroatoms. The number of anilines is 1. The number of benzene rings is 2. The Bertz CT molecular complexity index is 774. The van der Waals surface area contributed by atoms with Gasteiger partial charge in [-0.3, -0.25) is 9.59 Å². The van der Waals surface area contributed by atoms with E-state index in [0.717, 1.165) is 23.2 Å². The molecule has 0 atom stereocenters. The fourth-order valence-corrected chi connectivity index (χ4v) is 2.56. The Hall–Kier alpha value is -3.02. The maximum atomic E-state index is 12.1. The summed E-state index contributed by atoms with van der Waals surface area (Å²) in [6.45, 7) is 1.94. The van der Waals surface area contributed by atoms with Gasteiger partial charge in [0, 0.05) is 5.69 Å². The average Bonchev–Trinajstić information content (AvgIpc) is 2.66. The number of carbonyl (C=O) groups is 2. The Balaban J connectivity index is 1.87. The van der Waals surface area contributed by atoms with Crippen molar-refractivity contribution < 1.29 is 19.1 Å². The summed E-state index contributed by atoms with van der Waals surface area (Å²) in [7, 11) is 3.10. The van der Waals surface area contributed by atoms with Gasteiger partial charge >= 0.3 is 0 Å². The molecule has 2 amide bonds. The van der Waals surface area contributed by atoms with Crippen molar-refractivity contribution >= 4 is 17.5 Å². The van der Waals surface area contributed by atoms with E-state index in [1.54, 1.807) is 32.4 Å². The van der Waals surface area contributed by atoms with Crippen molar-refractivity contribution in [3.63, 3.8) is 0 Å². The molecule has 6 nitrogen and oxygen atoms in total. The molecule has 0 aliphatic rings. The first-order valence-corrected chi connectivity index (χ1v) is 8.42. The minimum absolute atomic E-state index is 0.0792. The van der Waals surface area contributed by atoms with Crippen LogP contribution >= 0.6 is 0 Å². The van der Waals surface area contributed by atoms with Crippen molar-refractivity contribution in [3.05, 3.63) is 53.6 Å². The molecule has 0 aliphatic heterocycles. The van der Waals surface area contributed by atoms with Gasteiger partial charge in [0.05, 0.1) is 27.2 Å². The molecule has 0 fully saturated rings. The molecule has 2 aromatic carbocycles. The first-order valence-electron chi connectivity index (χ1n) is 8.42. The van der Waals surface area contributed by atoms with Crippen molar-refractivity contribution in [3.8, 4) is 11.5 Å². The first kappa shape index (κ1) is 19.3. The van der Waals surface area contributed by atoms with E-state index in [9.17, 15) is 9.59 Å². The van der Waals surface area contributed by atoms with Gasteiger partial charge in [0.25, 0.3) is 0 Å². The van der Waals surface area contributed by atoms with Gasteiger partial charge in [0.1, 0.15) is 0 Å². The zero-order valence-corrected chi connectivity index (χ0v) is 15.3. The summed E-state index contributed by atoms with van der Waals surface area (Å²) >= 11 is 0. The number of para-hydroxylation sites is 1. The summed E-state index contributed by atoms with van der Waals surface area (Å²) in [6.07, 6.45) is 0.974. The maximum Gasteiger partial charge on any atom is 0.243 e. The van der Waals surface area contributed by atoms with Crippen LogP contribution in [0.25, 0.3) is 0 Å². The predicted molar refractivity (Wildman–Crippen MR) is 101 cm³/mol. The van der Waals surface area contributed by atoms with Gasteiger partial charge in [-0.05, 0) is 35.7 Å². The van der Waals surface area contributed by atoms with Gasteiger partial charge in [0.2, 0.25) is 11.8 Å². The second-order valence-corrected chi connectivity index (χ2v) is 5.70. The highest BCUT2D eigenvalue weighted by Crippen LogP contribution is 2.27. The quantitative estimate of drug-likeness (QED) is 0.762. The maximum absolute atomic E-state index is 12.1. The molecule has 0 aliphatic carbocycles. The van der Waals surface area contributed by atoms with E-state index < -0.39 is 0 Å². The molecule has 2 N–H and O–H groups in total.